The van der Waals surface area contributed by atoms with Crippen LogP contribution in [0.5, 0.6) is 0 Å². The van der Waals surface area contributed by atoms with Crippen LogP contribution >= 0.6 is 12.4 Å². The van der Waals surface area contributed by atoms with Crippen molar-refractivity contribution in [2.45, 2.75) is 19.9 Å². The molecule has 0 aliphatic carbocycles. The quantitative estimate of drug-likeness (QED) is 0.815. The van der Waals surface area contributed by atoms with Crippen LogP contribution in [-0.2, 0) is 9.53 Å². The van der Waals surface area contributed by atoms with Crippen LogP contribution in [0.25, 0.3) is 0 Å². The van der Waals surface area contributed by atoms with Crippen molar-refractivity contribution >= 4 is 30.0 Å². The highest BCUT2D eigenvalue weighted by molar-refractivity contribution is 5.95. The molecule has 6 heteroatoms. The second kappa shape index (κ2) is 7.68. The van der Waals surface area contributed by atoms with Crippen molar-refractivity contribution in [3.8, 4) is 0 Å². The van der Waals surface area contributed by atoms with E-state index < -0.39 is 6.04 Å². The lowest BCUT2D eigenvalue weighted by Crippen LogP contribution is -2.32. The lowest BCUT2D eigenvalue weighted by atomic mass is 10.2. The fourth-order valence-corrected chi connectivity index (χ4v) is 1.16. The smallest absolute Gasteiger partial charge is 0.338 e. The summed E-state index contributed by atoms with van der Waals surface area (Å²) in [4.78, 5) is 22.7. The fraction of sp³-hybridized carbons (Fsp3) is 0.333. The van der Waals surface area contributed by atoms with Crippen LogP contribution in [0.3, 0.4) is 0 Å². The maximum absolute atomic E-state index is 11.4. The van der Waals surface area contributed by atoms with E-state index in [9.17, 15) is 9.59 Å². The normalized spacial score (nSPS) is 11.1. The summed E-state index contributed by atoms with van der Waals surface area (Å²) < 4.78 is 4.84. The van der Waals surface area contributed by atoms with Gasteiger partial charge < -0.3 is 15.8 Å². The van der Waals surface area contributed by atoms with Gasteiger partial charge in [0, 0.05) is 5.69 Å². The second-order valence-electron chi connectivity index (χ2n) is 3.58. The molecule has 100 valence electrons. The minimum atomic E-state index is -0.570. The lowest BCUT2D eigenvalue weighted by molar-refractivity contribution is -0.117. The lowest BCUT2D eigenvalue weighted by Gasteiger charge is -2.08. The fourth-order valence-electron chi connectivity index (χ4n) is 1.16. The summed E-state index contributed by atoms with van der Waals surface area (Å²) in [5.41, 5.74) is 6.46. The van der Waals surface area contributed by atoms with E-state index >= 15 is 0 Å². The number of hydrogen-bond donors (Lipinski definition) is 2. The largest absolute Gasteiger partial charge is 0.462 e. The molecule has 1 amide bonds. The number of nitrogens with two attached hydrogens (primary N) is 1. The van der Waals surface area contributed by atoms with E-state index in [2.05, 4.69) is 5.32 Å². The Labute approximate surface area is 112 Å². The summed E-state index contributed by atoms with van der Waals surface area (Å²) in [5.74, 6) is -0.647. The minimum Gasteiger partial charge on any atom is -0.462 e. The Bertz CT molecular complexity index is 404. The molecule has 5 nitrogen and oxygen atoms in total. The first-order chi connectivity index (χ1) is 8.04. The SMILES string of the molecule is CCOC(=O)c1ccc(NC(=O)[C@H](C)N)cc1.Cl. The van der Waals surface area contributed by atoms with Crippen molar-refractivity contribution in [1.29, 1.82) is 0 Å². The van der Waals surface area contributed by atoms with Gasteiger partial charge >= 0.3 is 5.97 Å². The topological polar surface area (TPSA) is 81.4 Å². The molecule has 0 aliphatic rings. The third-order valence-electron chi connectivity index (χ3n) is 2.08. The molecule has 1 aromatic rings. The predicted octanol–water partition coefficient (Wildman–Crippen LogP) is 1.57. The zero-order chi connectivity index (χ0) is 12.8. The van der Waals surface area contributed by atoms with Crippen molar-refractivity contribution in [1.82, 2.24) is 0 Å². The second-order valence-corrected chi connectivity index (χ2v) is 3.58. The van der Waals surface area contributed by atoms with Gasteiger partial charge in [-0.1, -0.05) is 0 Å². The van der Waals surface area contributed by atoms with Crippen LogP contribution in [0.4, 0.5) is 5.69 Å². The first-order valence-electron chi connectivity index (χ1n) is 5.38. The molecule has 0 bridgehead atoms. The molecule has 0 fully saturated rings. The molecule has 18 heavy (non-hydrogen) atoms. The van der Waals surface area contributed by atoms with Gasteiger partial charge in [0.1, 0.15) is 0 Å². The minimum absolute atomic E-state index is 0. The maximum atomic E-state index is 11.4. The maximum Gasteiger partial charge on any atom is 0.338 e. The number of esters is 1. The first-order valence-corrected chi connectivity index (χ1v) is 5.38. The van der Waals surface area contributed by atoms with Gasteiger partial charge in [0.2, 0.25) is 5.91 Å². The average Bonchev–Trinajstić information content (AvgIpc) is 2.30. The average molecular weight is 273 g/mol. The van der Waals surface area contributed by atoms with E-state index in [0.717, 1.165) is 0 Å². The molecule has 1 atom stereocenters. The molecular formula is C12H17ClN2O3. The number of amides is 1. The Morgan fingerprint density at radius 1 is 1.33 bits per heavy atom. The van der Waals surface area contributed by atoms with Gasteiger partial charge in [-0.05, 0) is 38.1 Å². The summed E-state index contributed by atoms with van der Waals surface area (Å²) in [5, 5.41) is 2.62. The van der Waals surface area contributed by atoms with Crippen molar-refractivity contribution < 1.29 is 14.3 Å². The molecule has 3 N–H and O–H groups in total. The van der Waals surface area contributed by atoms with Gasteiger partial charge in [0.05, 0.1) is 18.2 Å². The zero-order valence-corrected chi connectivity index (χ0v) is 11.1. The molecule has 0 heterocycles. The molecule has 0 aliphatic heterocycles. The summed E-state index contributed by atoms with van der Waals surface area (Å²) in [6.07, 6.45) is 0. The Balaban J connectivity index is 0.00000289. The third kappa shape index (κ3) is 4.73. The number of carbonyl (C=O) groups excluding carboxylic acids is 2. The predicted molar refractivity (Wildman–Crippen MR) is 71.9 cm³/mol. The summed E-state index contributed by atoms with van der Waals surface area (Å²) in [7, 11) is 0. The van der Waals surface area contributed by atoms with Crippen LogP contribution in [0.2, 0.25) is 0 Å². The molecule has 0 spiro atoms. The standard InChI is InChI=1S/C12H16N2O3.ClH/c1-3-17-12(16)9-4-6-10(7-5-9)14-11(15)8(2)13;/h4-8H,3,13H2,1-2H3,(H,14,15);1H/t8-;/m0./s1. The van der Waals surface area contributed by atoms with E-state index in [1.807, 2.05) is 0 Å². The molecule has 0 saturated heterocycles. The Morgan fingerprint density at radius 3 is 2.33 bits per heavy atom. The Kier molecular flexibility index (Phi) is 7.00. The van der Waals surface area contributed by atoms with E-state index in [1.54, 1.807) is 38.1 Å². The van der Waals surface area contributed by atoms with Crippen LogP contribution in [0.15, 0.2) is 24.3 Å². The van der Waals surface area contributed by atoms with Crippen LogP contribution in [-0.4, -0.2) is 24.5 Å². The number of nitrogens with one attached hydrogen (secondary N) is 1. The number of hydrogen-bond acceptors (Lipinski definition) is 4. The van der Waals surface area contributed by atoms with E-state index in [1.165, 1.54) is 0 Å². The van der Waals surface area contributed by atoms with Crippen LogP contribution in [0, 0.1) is 0 Å². The van der Waals surface area contributed by atoms with Gasteiger partial charge in [-0.2, -0.15) is 0 Å². The van der Waals surface area contributed by atoms with Crippen molar-refractivity contribution in [3.63, 3.8) is 0 Å². The Morgan fingerprint density at radius 2 is 1.89 bits per heavy atom. The first kappa shape index (κ1) is 16.4. The summed E-state index contributed by atoms with van der Waals surface area (Å²) in [6.45, 7) is 3.68. The summed E-state index contributed by atoms with van der Waals surface area (Å²) in [6, 6.07) is 5.88. The molecule has 0 aromatic heterocycles. The molecule has 1 aromatic carbocycles. The van der Waals surface area contributed by atoms with E-state index in [-0.39, 0.29) is 24.3 Å². The van der Waals surface area contributed by atoms with Crippen molar-refractivity contribution in [3.05, 3.63) is 29.8 Å². The van der Waals surface area contributed by atoms with Gasteiger partial charge in [-0.15, -0.1) is 12.4 Å². The number of ether oxygens (including phenoxy) is 1. The van der Waals surface area contributed by atoms with Crippen molar-refractivity contribution in [2.75, 3.05) is 11.9 Å². The van der Waals surface area contributed by atoms with Gasteiger partial charge in [-0.3, -0.25) is 4.79 Å². The number of carbonyl (C=O) groups is 2. The highest BCUT2D eigenvalue weighted by Gasteiger charge is 2.09. The molecular weight excluding hydrogens is 256 g/mol. The number of anilines is 1. The monoisotopic (exact) mass is 272 g/mol. The molecule has 0 saturated carbocycles. The Hall–Kier alpha value is -1.59. The number of halogens is 1. The van der Waals surface area contributed by atoms with Crippen LogP contribution in [0.1, 0.15) is 24.2 Å². The zero-order valence-electron chi connectivity index (χ0n) is 10.3. The highest BCUT2D eigenvalue weighted by atomic mass is 35.5. The molecule has 0 unspecified atom stereocenters. The highest BCUT2D eigenvalue weighted by Crippen LogP contribution is 2.10. The summed E-state index contributed by atoms with van der Waals surface area (Å²) >= 11 is 0. The van der Waals surface area contributed by atoms with Gasteiger partial charge in [0.15, 0.2) is 0 Å². The van der Waals surface area contributed by atoms with Crippen LogP contribution < -0.4 is 11.1 Å². The van der Waals surface area contributed by atoms with Crippen molar-refractivity contribution in [2.24, 2.45) is 5.73 Å². The third-order valence-corrected chi connectivity index (χ3v) is 2.08. The van der Waals surface area contributed by atoms with E-state index in [4.69, 9.17) is 10.5 Å². The van der Waals surface area contributed by atoms with Gasteiger partial charge in [0.25, 0.3) is 0 Å². The van der Waals surface area contributed by atoms with Gasteiger partial charge in [-0.25, -0.2) is 4.79 Å². The number of rotatable bonds is 4. The number of benzene rings is 1. The molecule has 1 rings (SSSR count). The van der Waals surface area contributed by atoms with E-state index in [0.29, 0.717) is 17.9 Å². The molecule has 0 radical (unpaired) electrons.